The van der Waals surface area contributed by atoms with Crippen molar-refractivity contribution < 1.29 is 0 Å². The van der Waals surface area contributed by atoms with Crippen molar-refractivity contribution in [1.82, 2.24) is 25.1 Å². The van der Waals surface area contributed by atoms with Gasteiger partial charge in [-0.25, -0.2) is 9.97 Å². The van der Waals surface area contributed by atoms with Crippen molar-refractivity contribution in [3.8, 4) is 0 Å². The lowest BCUT2D eigenvalue weighted by Crippen LogP contribution is -2.46. The number of halogens is 2. The number of anilines is 1. The Balaban J connectivity index is 1.45. The molecule has 1 aliphatic heterocycles. The molecular formula is C16H16Br2N6. The molecule has 1 aliphatic rings. The van der Waals surface area contributed by atoms with Gasteiger partial charge in [-0.1, -0.05) is 28.1 Å². The number of fused-ring (bicyclic) bond motifs is 1. The van der Waals surface area contributed by atoms with E-state index in [2.05, 4.69) is 86.1 Å². The number of hydrogen-bond donors (Lipinski definition) is 1. The van der Waals surface area contributed by atoms with Gasteiger partial charge < -0.3 is 4.90 Å². The lowest BCUT2D eigenvalue weighted by atomic mass is 10.2. The van der Waals surface area contributed by atoms with Crippen molar-refractivity contribution in [3.63, 3.8) is 0 Å². The van der Waals surface area contributed by atoms with Crippen molar-refractivity contribution >= 4 is 48.7 Å². The molecule has 3 aromatic rings. The summed E-state index contributed by atoms with van der Waals surface area (Å²) in [5.74, 6) is 0.948. The van der Waals surface area contributed by atoms with Crippen LogP contribution in [0.1, 0.15) is 5.56 Å². The molecule has 24 heavy (non-hydrogen) atoms. The molecule has 0 amide bonds. The maximum absolute atomic E-state index is 4.48. The molecule has 0 unspecified atom stereocenters. The van der Waals surface area contributed by atoms with Gasteiger partial charge in [0.2, 0.25) is 0 Å². The molecule has 0 spiro atoms. The first-order valence-electron chi connectivity index (χ1n) is 7.77. The average molecular weight is 452 g/mol. The van der Waals surface area contributed by atoms with E-state index in [0.717, 1.165) is 58.7 Å². The smallest absolute Gasteiger partial charge is 0.161 e. The first-order valence-corrected chi connectivity index (χ1v) is 9.35. The fourth-order valence-corrected chi connectivity index (χ4v) is 3.73. The summed E-state index contributed by atoms with van der Waals surface area (Å²) < 4.78 is 1.89. The van der Waals surface area contributed by atoms with E-state index in [1.807, 2.05) is 0 Å². The number of piperazine rings is 1. The molecule has 0 atom stereocenters. The van der Waals surface area contributed by atoms with Crippen LogP contribution in [-0.2, 0) is 6.54 Å². The Kier molecular flexibility index (Phi) is 4.51. The second-order valence-electron chi connectivity index (χ2n) is 5.82. The van der Waals surface area contributed by atoms with Crippen LogP contribution >= 0.6 is 31.9 Å². The highest BCUT2D eigenvalue weighted by atomic mass is 79.9. The van der Waals surface area contributed by atoms with E-state index in [1.54, 1.807) is 6.33 Å². The van der Waals surface area contributed by atoms with Crippen LogP contribution < -0.4 is 4.90 Å². The SMILES string of the molecule is Brc1ccc(CN2CCN(c3ncnc4[nH]nc(Br)c34)CC2)cc1. The predicted octanol–water partition coefficient (Wildman–Crippen LogP) is 3.20. The summed E-state index contributed by atoms with van der Waals surface area (Å²) in [5.41, 5.74) is 2.11. The second-order valence-corrected chi connectivity index (χ2v) is 7.49. The van der Waals surface area contributed by atoms with E-state index in [9.17, 15) is 0 Å². The zero-order valence-electron chi connectivity index (χ0n) is 12.9. The third kappa shape index (κ3) is 3.18. The topological polar surface area (TPSA) is 60.9 Å². The zero-order chi connectivity index (χ0) is 16.5. The first-order chi connectivity index (χ1) is 11.7. The number of H-pyrrole nitrogens is 1. The van der Waals surface area contributed by atoms with Gasteiger partial charge >= 0.3 is 0 Å². The molecular weight excluding hydrogens is 436 g/mol. The summed E-state index contributed by atoms with van der Waals surface area (Å²) in [5, 5.41) is 8.06. The summed E-state index contributed by atoms with van der Waals surface area (Å²) in [6, 6.07) is 8.54. The highest BCUT2D eigenvalue weighted by Gasteiger charge is 2.22. The number of hydrogen-bond acceptors (Lipinski definition) is 5. The molecule has 0 bridgehead atoms. The van der Waals surface area contributed by atoms with Crippen molar-refractivity contribution in [2.75, 3.05) is 31.1 Å². The predicted molar refractivity (Wildman–Crippen MR) is 101 cm³/mol. The van der Waals surface area contributed by atoms with Gasteiger partial charge in [0.1, 0.15) is 16.7 Å². The third-order valence-electron chi connectivity index (χ3n) is 4.28. The molecule has 1 aromatic carbocycles. The minimum Gasteiger partial charge on any atom is -0.353 e. The maximum Gasteiger partial charge on any atom is 0.161 e. The lowest BCUT2D eigenvalue weighted by molar-refractivity contribution is 0.249. The van der Waals surface area contributed by atoms with Gasteiger partial charge in [-0.15, -0.1) is 0 Å². The summed E-state index contributed by atoms with van der Waals surface area (Å²) in [6.07, 6.45) is 1.59. The van der Waals surface area contributed by atoms with Crippen LogP contribution in [0, 0.1) is 0 Å². The molecule has 1 saturated heterocycles. The van der Waals surface area contributed by atoms with Crippen LogP contribution in [0.25, 0.3) is 11.0 Å². The Bertz CT molecular complexity index is 839. The van der Waals surface area contributed by atoms with Crippen LogP contribution in [0.4, 0.5) is 5.82 Å². The first kappa shape index (κ1) is 16.0. The Morgan fingerprint density at radius 1 is 1.00 bits per heavy atom. The summed E-state index contributed by atoms with van der Waals surface area (Å²) >= 11 is 6.97. The summed E-state index contributed by atoms with van der Waals surface area (Å²) in [6.45, 7) is 4.89. The minimum absolute atomic E-state index is 0.768. The molecule has 0 saturated carbocycles. The van der Waals surface area contributed by atoms with Gasteiger partial charge in [-0.2, -0.15) is 5.10 Å². The molecule has 0 aliphatic carbocycles. The Labute approximate surface area is 156 Å². The molecule has 6 nitrogen and oxygen atoms in total. The molecule has 124 valence electrons. The Morgan fingerprint density at radius 3 is 2.50 bits per heavy atom. The number of nitrogens with one attached hydrogen (secondary N) is 1. The monoisotopic (exact) mass is 450 g/mol. The van der Waals surface area contributed by atoms with Crippen LogP contribution in [0.5, 0.6) is 0 Å². The Morgan fingerprint density at radius 2 is 1.75 bits per heavy atom. The Hall–Kier alpha value is -1.51. The second kappa shape index (κ2) is 6.78. The van der Waals surface area contributed by atoms with Crippen LogP contribution in [0.3, 0.4) is 0 Å². The third-order valence-corrected chi connectivity index (χ3v) is 5.39. The maximum atomic E-state index is 4.48. The summed E-state index contributed by atoms with van der Waals surface area (Å²) in [7, 11) is 0. The largest absolute Gasteiger partial charge is 0.353 e. The van der Waals surface area contributed by atoms with Crippen LogP contribution in [0.15, 0.2) is 39.7 Å². The van der Waals surface area contributed by atoms with E-state index >= 15 is 0 Å². The van der Waals surface area contributed by atoms with Crippen LogP contribution in [-0.4, -0.2) is 51.2 Å². The van der Waals surface area contributed by atoms with E-state index < -0.39 is 0 Å². The molecule has 4 rings (SSSR count). The quantitative estimate of drug-likeness (QED) is 0.662. The number of rotatable bonds is 3. The molecule has 0 radical (unpaired) electrons. The molecule has 3 heterocycles. The average Bonchev–Trinajstić information content (AvgIpc) is 2.99. The normalized spacial score (nSPS) is 16.0. The summed E-state index contributed by atoms with van der Waals surface area (Å²) in [4.78, 5) is 13.5. The standard InChI is InChI=1S/C16H16Br2N6/c17-12-3-1-11(2-4-12)9-23-5-7-24(8-6-23)16-13-14(18)21-22-15(13)19-10-20-16/h1-4,10H,5-9H2,(H,19,20,21,22). The number of aromatic amines is 1. The molecule has 1 fully saturated rings. The lowest BCUT2D eigenvalue weighted by Gasteiger charge is -2.35. The molecule has 8 heteroatoms. The fraction of sp³-hybridized carbons (Fsp3) is 0.312. The van der Waals surface area contributed by atoms with E-state index in [1.165, 1.54) is 5.56 Å². The molecule has 1 N–H and O–H groups in total. The van der Waals surface area contributed by atoms with E-state index in [0.29, 0.717) is 0 Å². The number of aromatic nitrogens is 4. The van der Waals surface area contributed by atoms with Crippen LogP contribution in [0.2, 0.25) is 0 Å². The fourth-order valence-electron chi connectivity index (χ4n) is 3.01. The van der Waals surface area contributed by atoms with Crippen molar-refractivity contribution in [2.45, 2.75) is 6.54 Å². The highest BCUT2D eigenvalue weighted by molar-refractivity contribution is 9.10. The molecule has 2 aromatic heterocycles. The van der Waals surface area contributed by atoms with Gasteiger partial charge in [0.05, 0.1) is 5.39 Å². The van der Waals surface area contributed by atoms with Gasteiger partial charge in [-0.3, -0.25) is 10.00 Å². The van der Waals surface area contributed by atoms with Gasteiger partial charge in [-0.05, 0) is 33.6 Å². The number of nitrogens with zero attached hydrogens (tertiary/aromatic N) is 5. The van der Waals surface area contributed by atoms with E-state index in [4.69, 9.17) is 0 Å². The van der Waals surface area contributed by atoms with Gasteiger partial charge in [0.15, 0.2) is 5.65 Å². The number of benzene rings is 1. The van der Waals surface area contributed by atoms with Crippen molar-refractivity contribution in [3.05, 3.63) is 45.2 Å². The zero-order valence-corrected chi connectivity index (χ0v) is 16.1. The van der Waals surface area contributed by atoms with Gasteiger partial charge in [0.25, 0.3) is 0 Å². The van der Waals surface area contributed by atoms with Crippen molar-refractivity contribution in [1.29, 1.82) is 0 Å². The minimum atomic E-state index is 0.768. The highest BCUT2D eigenvalue weighted by Crippen LogP contribution is 2.28. The van der Waals surface area contributed by atoms with Crippen molar-refractivity contribution in [2.24, 2.45) is 0 Å². The van der Waals surface area contributed by atoms with Gasteiger partial charge in [0, 0.05) is 37.2 Å². The van der Waals surface area contributed by atoms with E-state index in [-0.39, 0.29) is 0 Å².